The van der Waals surface area contributed by atoms with E-state index in [2.05, 4.69) is 6.92 Å². The minimum Gasteiger partial charge on any atom is -0.388 e. The maximum Gasteiger partial charge on any atom is 0.130 e. The summed E-state index contributed by atoms with van der Waals surface area (Å²) in [6, 6.07) is 8.39. The Kier molecular flexibility index (Phi) is 4.38. The Morgan fingerprint density at radius 1 is 1.28 bits per heavy atom. The fraction of sp³-hybridized carbons (Fsp3) is 0.286. The van der Waals surface area contributed by atoms with Crippen LogP contribution in [0.2, 0.25) is 5.02 Å². The van der Waals surface area contributed by atoms with Crippen LogP contribution in [0.5, 0.6) is 0 Å². The van der Waals surface area contributed by atoms with E-state index in [1.54, 1.807) is 17.4 Å². The summed E-state index contributed by atoms with van der Waals surface area (Å²) in [6.07, 6.45) is 0.588. The van der Waals surface area contributed by atoms with Gasteiger partial charge in [-0.3, -0.25) is 0 Å². The maximum absolute atomic E-state index is 13.6. The molecule has 1 aromatic carbocycles. The molecule has 1 unspecified atom stereocenters. The van der Waals surface area contributed by atoms with Crippen molar-refractivity contribution < 1.29 is 9.50 Å². The van der Waals surface area contributed by atoms with E-state index in [1.165, 1.54) is 17.0 Å². The molecule has 1 N–H and O–H groups in total. The molecule has 0 fully saturated rings. The van der Waals surface area contributed by atoms with Crippen molar-refractivity contribution in [1.82, 2.24) is 0 Å². The molecule has 0 amide bonds. The topological polar surface area (TPSA) is 20.2 Å². The molecule has 2 rings (SSSR count). The van der Waals surface area contributed by atoms with Gasteiger partial charge in [0.05, 0.1) is 6.10 Å². The zero-order valence-electron chi connectivity index (χ0n) is 9.99. The van der Waals surface area contributed by atoms with Crippen molar-refractivity contribution >= 4 is 22.9 Å². The number of aliphatic hydroxyl groups excluding tert-OH is 1. The molecule has 0 saturated heterocycles. The Morgan fingerprint density at radius 3 is 2.61 bits per heavy atom. The maximum atomic E-state index is 13.6. The first-order chi connectivity index (χ1) is 8.60. The molecule has 0 aliphatic heterocycles. The molecule has 1 nitrogen and oxygen atoms in total. The van der Waals surface area contributed by atoms with Crippen molar-refractivity contribution in [3.05, 3.63) is 56.5 Å². The first-order valence-corrected chi connectivity index (χ1v) is 7.00. The van der Waals surface area contributed by atoms with Gasteiger partial charge in [-0.1, -0.05) is 24.6 Å². The van der Waals surface area contributed by atoms with E-state index < -0.39 is 11.9 Å². The third-order valence-corrected chi connectivity index (χ3v) is 4.27. The summed E-state index contributed by atoms with van der Waals surface area (Å²) < 4.78 is 13.6. The second kappa shape index (κ2) is 5.83. The third-order valence-electron chi connectivity index (χ3n) is 2.78. The van der Waals surface area contributed by atoms with Crippen LogP contribution in [-0.4, -0.2) is 5.11 Å². The van der Waals surface area contributed by atoms with Gasteiger partial charge in [-0.05, 0) is 30.7 Å². The summed E-state index contributed by atoms with van der Waals surface area (Å²) in [4.78, 5) is 2.34. The molecule has 18 heavy (non-hydrogen) atoms. The van der Waals surface area contributed by atoms with Gasteiger partial charge in [0.2, 0.25) is 0 Å². The molecule has 2 aromatic rings. The zero-order chi connectivity index (χ0) is 13.1. The standard InChI is InChI=1S/C14H14ClFOS/c1-2-10-4-5-11(18-10)8-14(17)12-6-3-9(15)7-13(12)16/h3-7,14,17H,2,8H2,1H3. The van der Waals surface area contributed by atoms with Gasteiger partial charge in [-0.15, -0.1) is 11.3 Å². The largest absolute Gasteiger partial charge is 0.388 e. The van der Waals surface area contributed by atoms with Crippen LogP contribution in [0, 0.1) is 5.82 Å². The van der Waals surface area contributed by atoms with Crippen molar-refractivity contribution in [2.24, 2.45) is 0 Å². The number of halogens is 2. The average molecular weight is 285 g/mol. The normalized spacial score (nSPS) is 12.7. The van der Waals surface area contributed by atoms with Gasteiger partial charge in [-0.2, -0.15) is 0 Å². The Hall–Kier alpha value is -0.900. The molecule has 0 spiro atoms. The quantitative estimate of drug-likeness (QED) is 0.883. The van der Waals surface area contributed by atoms with Crippen molar-refractivity contribution in [2.45, 2.75) is 25.9 Å². The third kappa shape index (κ3) is 3.10. The van der Waals surface area contributed by atoms with E-state index in [-0.39, 0.29) is 0 Å². The lowest BCUT2D eigenvalue weighted by atomic mass is 10.1. The minimum absolute atomic E-state index is 0.297. The van der Waals surface area contributed by atoms with Gasteiger partial charge in [0.15, 0.2) is 0 Å². The van der Waals surface area contributed by atoms with Crippen LogP contribution in [0.1, 0.15) is 28.3 Å². The van der Waals surface area contributed by atoms with Crippen LogP contribution in [0.15, 0.2) is 30.3 Å². The van der Waals surface area contributed by atoms with Crippen molar-refractivity contribution in [1.29, 1.82) is 0 Å². The smallest absolute Gasteiger partial charge is 0.130 e. The molecule has 0 aliphatic rings. The monoisotopic (exact) mass is 284 g/mol. The van der Waals surface area contributed by atoms with Crippen LogP contribution in [0.4, 0.5) is 4.39 Å². The molecule has 4 heteroatoms. The Bertz CT molecular complexity index is 538. The molecule has 1 atom stereocenters. The number of aliphatic hydroxyl groups is 1. The van der Waals surface area contributed by atoms with E-state index in [1.807, 2.05) is 12.1 Å². The van der Waals surface area contributed by atoms with Crippen LogP contribution >= 0.6 is 22.9 Å². The molecule has 1 heterocycles. The summed E-state index contributed by atoms with van der Waals surface area (Å²) in [6.45, 7) is 2.09. The van der Waals surface area contributed by atoms with Gasteiger partial charge in [0, 0.05) is 26.8 Å². The zero-order valence-corrected chi connectivity index (χ0v) is 11.6. The highest BCUT2D eigenvalue weighted by Gasteiger charge is 2.14. The summed E-state index contributed by atoms with van der Waals surface area (Å²) >= 11 is 7.34. The Morgan fingerprint density at radius 2 is 2.00 bits per heavy atom. The summed E-state index contributed by atoms with van der Waals surface area (Å²) in [5, 5.41) is 10.4. The van der Waals surface area contributed by atoms with Crippen LogP contribution < -0.4 is 0 Å². The van der Waals surface area contributed by atoms with Gasteiger partial charge < -0.3 is 5.11 Å². The molecular weight excluding hydrogens is 271 g/mol. The Labute approximate surface area is 115 Å². The number of benzene rings is 1. The predicted octanol–water partition coefficient (Wildman–Crippen LogP) is 4.38. The number of rotatable bonds is 4. The van der Waals surface area contributed by atoms with Crippen molar-refractivity contribution in [3.8, 4) is 0 Å². The van der Waals surface area contributed by atoms with Gasteiger partial charge in [-0.25, -0.2) is 4.39 Å². The molecule has 1 aromatic heterocycles. The first kappa shape index (κ1) is 13.5. The molecule has 0 radical (unpaired) electrons. The number of thiophene rings is 1. The average Bonchev–Trinajstić information content (AvgIpc) is 2.76. The van der Waals surface area contributed by atoms with E-state index in [4.69, 9.17) is 11.6 Å². The van der Waals surface area contributed by atoms with E-state index in [9.17, 15) is 9.50 Å². The van der Waals surface area contributed by atoms with Crippen LogP contribution in [-0.2, 0) is 12.8 Å². The molecule has 0 aliphatic carbocycles. The van der Waals surface area contributed by atoms with Crippen LogP contribution in [0.25, 0.3) is 0 Å². The lowest BCUT2D eigenvalue weighted by Gasteiger charge is -2.11. The SMILES string of the molecule is CCc1ccc(CC(O)c2ccc(Cl)cc2F)s1. The van der Waals surface area contributed by atoms with Gasteiger partial charge >= 0.3 is 0 Å². The second-order valence-electron chi connectivity index (χ2n) is 4.11. The summed E-state index contributed by atoms with van der Waals surface area (Å²) in [5.74, 6) is -0.456. The fourth-order valence-corrected chi connectivity index (χ4v) is 2.95. The highest BCUT2D eigenvalue weighted by Crippen LogP contribution is 2.26. The second-order valence-corrected chi connectivity index (χ2v) is 5.80. The van der Waals surface area contributed by atoms with Crippen molar-refractivity contribution in [2.75, 3.05) is 0 Å². The molecule has 96 valence electrons. The minimum atomic E-state index is -0.828. The van der Waals surface area contributed by atoms with E-state index in [0.29, 0.717) is 17.0 Å². The van der Waals surface area contributed by atoms with Crippen molar-refractivity contribution in [3.63, 3.8) is 0 Å². The Balaban J connectivity index is 2.13. The summed E-state index contributed by atoms with van der Waals surface area (Å²) in [5.41, 5.74) is 0.297. The van der Waals surface area contributed by atoms with E-state index >= 15 is 0 Å². The number of hydrogen-bond acceptors (Lipinski definition) is 2. The fourth-order valence-electron chi connectivity index (χ4n) is 1.79. The van der Waals surface area contributed by atoms with Gasteiger partial charge in [0.1, 0.15) is 5.82 Å². The molecule has 0 saturated carbocycles. The summed E-state index contributed by atoms with van der Waals surface area (Å²) in [7, 11) is 0. The predicted molar refractivity (Wildman–Crippen MR) is 73.8 cm³/mol. The highest BCUT2D eigenvalue weighted by molar-refractivity contribution is 7.11. The van der Waals surface area contributed by atoms with Gasteiger partial charge in [0.25, 0.3) is 0 Å². The lowest BCUT2D eigenvalue weighted by molar-refractivity contribution is 0.174. The van der Waals surface area contributed by atoms with E-state index in [0.717, 1.165) is 11.3 Å². The molecule has 0 bridgehead atoms. The highest BCUT2D eigenvalue weighted by atomic mass is 35.5. The number of aryl methyl sites for hydroxylation is 1. The molecular formula is C14H14ClFOS. The first-order valence-electron chi connectivity index (χ1n) is 5.80. The lowest BCUT2D eigenvalue weighted by Crippen LogP contribution is -2.03. The van der Waals surface area contributed by atoms with Crippen LogP contribution in [0.3, 0.4) is 0 Å². The number of hydrogen-bond donors (Lipinski definition) is 1.